The fraction of sp³-hybridized carbons (Fsp3) is 0.818. The molecular weight excluding hydrogens is 272 g/mol. The van der Waals surface area contributed by atoms with E-state index in [1.807, 2.05) is 6.92 Å². The average molecular weight is 291 g/mol. The smallest absolute Gasteiger partial charge is 0.312 e. The summed E-state index contributed by atoms with van der Waals surface area (Å²) in [6, 6.07) is 0. The largest absolute Gasteiger partial charge is 0.333 e. The standard InChI is InChI=1S/C11H19BrN2O2/c1-2-13-8-9-14(11(16)10(13)15)7-5-3-4-6-12/h2-9H2,1H3. The first kappa shape index (κ1) is 13.5. The number of halogens is 1. The zero-order chi connectivity index (χ0) is 12.0. The van der Waals surface area contributed by atoms with Gasteiger partial charge in [0.1, 0.15) is 0 Å². The Balaban J connectivity index is 2.34. The summed E-state index contributed by atoms with van der Waals surface area (Å²) >= 11 is 3.37. The molecule has 1 fully saturated rings. The molecule has 0 aromatic carbocycles. The summed E-state index contributed by atoms with van der Waals surface area (Å²) in [7, 11) is 0. The van der Waals surface area contributed by atoms with Gasteiger partial charge in [0.05, 0.1) is 0 Å². The molecule has 1 aliphatic rings. The molecule has 1 aliphatic heterocycles. The van der Waals surface area contributed by atoms with Gasteiger partial charge in [-0.2, -0.15) is 0 Å². The van der Waals surface area contributed by atoms with Crippen LogP contribution in [0.4, 0.5) is 0 Å². The Hall–Kier alpha value is -0.580. The van der Waals surface area contributed by atoms with Gasteiger partial charge in [-0.1, -0.05) is 22.4 Å². The molecular formula is C11H19BrN2O2. The van der Waals surface area contributed by atoms with Crippen molar-refractivity contribution < 1.29 is 9.59 Å². The SMILES string of the molecule is CCN1CCN(CCCCCBr)C(=O)C1=O. The number of carbonyl (C=O) groups is 2. The molecule has 0 saturated carbocycles. The monoisotopic (exact) mass is 290 g/mol. The first-order valence-corrected chi connectivity index (χ1v) is 6.97. The molecule has 1 saturated heterocycles. The first-order chi connectivity index (χ1) is 7.70. The first-order valence-electron chi connectivity index (χ1n) is 5.84. The number of hydrogen-bond donors (Lipinski definition) is 0. The number of likely N-dealkylation sites (N-methyl/N-ethyl adjacent to an activating group) is 1. The Morgan fingerprint density at radius 2 is 1.69 bits per heavy atom. The number of rotatable bonds is 6. The molecule has 1 heterocycles. The van der Waals surface area contributed by atoms with Crippen LogP contribution in [0.25, 0.3) is 0 Å². The van der Waals surface area contributed by atoms with Gasteiger partial charge in [0, 0.05) is 31.5 Å². The molecule has 2 amide bonds. The lowest BCUT2D eigenvalue weighted by molar-refractivity contribution is -0.155. The van der Waals surface area contributed by atoms with Gasteiger partial charge >= 0.3 is 11.8 Å². The lowest BCUT2D eigenvalue weighted by Crippen LogP contribution is -2.54. The van der Waals surface area contributed by atoms with Crippen LogP contribution in [0.2, 0.25) is 0 Å². The number of nitrogens with zero attached hydrogens (tertiary/aromatic N) is 2. The summed E-state index contributed by atoms with van der Waals surface area (Å²) in [5.74, 6) is -0.666. The van der Waals surface area contributed by atoms with Crippen molar-refractivity contribution in [2.45, 2.75) is 26.2 Å². The van der Waals surface area contributed by atoms with E-state index in [0.29, 0.717) is 19.6 Å². The highest BCUT2D eigenvalue weighted by Gasteiger charge is 2.30. The van der Waals surface area contributed by atoms with E-state index in [2.05, 4.69) is 15.9 Å². The normalized spacial score (nSPS) is 17.1. The van der Waals surface area contributed by atoms with Gasteiger partial charge in [-0.05, 0) is 19.8 Å². The van der Waals surface area contributed by atoms with E-state index < -0.39 is 0 Å². The molecule has 0 atom stereocenters. The fourth-order valence-corrected chi connectivity index (χ4v) is 2.20. The van der Waals surface area contributed by atoms with E-state index >= 15 is 0 Å². The van der Waals surface area contributed by atoms with Crippen molar-refractivity contribution in [1.29, 1.82) is 0 Å². The molecule has 92 valence electrons. The van der Waals surface area contributed by atoms with Crippen LogP contribution < -0.4 is 0 Å². The fourth-order valence-electron chi connectivity index (χ4n) is 1.80. The van der Waals surface area contributed by atoms with E-state index in [9.17, 15) is 9.59 Å². The third kappa shape index (κ3) is 3.47. The van der Waals surface area contributed by atoms with Crippen LogP contribution in [0.3, 0.4) is 0 Å². The number of carbonyl (C=O) groups excluding carboxylic acids is 2. The Kier molecular flexibility index (Phi) is 5.80. The van der Waals surface area contributed by atoms with Crippen LogP contribution in [0.5, 0.6) is 0 Å². The predicted molar refractivity (Wildman–Crippen MR) is 66.5 cm³/mol. The third-order valence-corrected chi connectivity index (χ3v) is 3.40. The van der Waals surface area contributed by atoms with E-state index in [4.69, 9.17) is 0 Å². The van der Waals surface area contributed by atoms with Crippen molar-refractivity contribution in [3.63, 3.8) is 0 Å². The van der Waals surface area contributed by atoms with Crippen LogP contribution >= 0.6 is 15.9 Å². The summed E-state index contributed by atoms with van der Waals surface area (Å²) in [4.78, 5) is 26.6. The van der Waals surface area contributed by atoms with E-state index in [1.165, 1.54) is 0 Å². The topological polar surface area (TPSA) is 40.6 Å². The van der Waals surface area contributed by atoms with Gasteiger partial charge in [0.2, 0.25) is 0 Å². The summed E-state index contributed by atoms with van der Waals surface area (Å²) in [6.45, 7) is 4.61. The lowest BCUT2D eigenvalue weighted by Gasteiger charge is -2.33. The lowest BCUT2D eigenvalue weighted by atomic mass is 10.2. The quantitative estimate of drug-likeness (QED) is 0.420. The highest BCUT2D eigenvalue weighted by Crippen LogP contribution is 2.07. The molecule has 0 N–H and O–H groups in total. The van der Waals surface area contributed by atoms with Crippen molar-refractivity contribution in [3.05, 3.63) is 0 Å². The molecule has 0 aromatic heterocycles. The summed E-state index contributed by atoms with van der Waals surface area (Å²) in [6.07, 6.45) is 3.20. The Morgan fingerprint density at radius 3 is 2.31 bits per heavy atom. The van der Waals surface area contributed by atoms with Crippen molar-refractivity contribution in [3.8, 4) is 0 Å². The zero-order valence-electron chi connectivity index (χ0n) is 9.75. The Morgan fingerprint density at radius 1 is 1.06 bits per heavy atom. The van der Waals surface area contributed by atoms with Gasteiger partial charge in [0.25, 0.3) is 0 Å². The minimum Gasteiger partial charge on any atom is -0.333 e. The van der Waals surface area contributed by atoms with Crippen LogP contribution in [0.1, 0.15) is 26.2 Å². The number of unbranched alkanes of at least 4 members (excludes halogenated alkanes) is 2. The van der Waals surface area contributed by atoms with Gasteiger partial charge < -0.3 is 9.80 Å². The third-order valence-electron chi connectivity index (χ3n) is 2.84. The summed E-state index contributed by atoms with van der Waals surface area (Å²) in [5.41, 5.74) is 0. The molecule has 0 spiro atoms. The Labute approximate surface area is 105 Å². The Bertz CT molecular complexity index is 258. The van der Waals surface area contributed by atoms with Crippen LogP contribution in [-0.2, 0) is 9.59 Å². The molecule has 4 nitrogen and oxygen atoms in total. The molecule has 0 unspecified atom stereocenters. The van der Waals surface area contributed by atoms with E-state index in [1.54, 1.807) is 9.80 Å². The minimum absolute atomic E-state index is 0.327. The number of hydrogen-bond acceptors (Lipinski definition) is 2. The summed E-state index contributed by atoms with van der Waals surface area (Å²) < 4.78 is 0. The number of piperazine rings is 1. The van der Waals surface area contributed by atoms with Crippen molar-refractivity contribution in [2.75, 3.05) is 31.5 Å². The molecule has 16 heavy (non-hydrogen) atoms. The van der Waals surface area contributed by atoms with Crippen molar-refractivity contribution in [2.24, 2.45) is 0 Å². The van der Waals surface area contributed by atoms with Gasteiger partial charge in [-0.25, -0.2) is 0 Å². The number of amides is 2. The maximum atomic E-state index is 11.7. The highest BCUT2D eigenvalue weighted by atomic mass is 79.9. The van der Waals surface area contributed by atoms with Gasteiger partial charge in [0.15, 0.2) is 0 Å². The number of alkyl halides is 1. The van der Waals surface area contributed by atoms with Crippen molar-refractivity contribution in [1.82, 2.24) is 9.80 Å². The molecule has 0 radical (unpaired) electrons. The summed E-state index contributed by atoms with van der Waals surface area (Å²) in [5, 5.41) is 1.00. The molecule has 5 heteroatoms. The van der Waals surface area contributed by atoms with E-state index in [0.717, 1.165) is 31.1 Å². The zero-order valence-corrected chi connectivity index (χ0v) is 11.3. The molecule has 0 bridgehead atoms. The minimum atomic E-state index is -0.339. The second-order valence-corrected chi connectivity index (χ2v) is 4.72. The molecule has 0 aliphatic carbocycles. The maximum absolute atomic E-state index is 11.7. The second kappa shape index (κ2) is 6.89. The second-order valence-electron chi connectivity index (χ2n) is 3.93. The van der Waals surface area contributed by atoms with Crippen LogP contribution in [0.15, 0.2) is 0 Å². The predicted octanol–water partition coefficient (Wildman–Crippen LogP) is 1.24. The maximum Gasteiger partial charge on any atom is 0.312 e. The van der Waals surface area contributed by atoms with Crippen LogP contribution in [-0.4, -0.2) is 53.1 Å². The molecule has 1 rings (SSSR count). The van der Waals surface area contributed by atoms with E-state index in [-0.39, 0.29) is 11.8 Å². The molecule has 0 aromatic rings. The van der Waals surface area contributed by atoms with Crippen molar-refractivity contribution >= 4 is 27.7 Å². The van der Waals surface area contributed by atoms with Crippen LogP contribution in [0, 0.1) is 0 Å². The highest BCUT2D eigenvalue weighted by molar-refractivity contribution is 9.09. The van der Waals surface area contributed by atoms with Gasteiger partial charge in [-0.3, -0.25) is 9.59 Å². The van der Waals surface area contributed by atoms with Gasteiger partial charge in [-0.15, -0.1) is 0 Å². The average Bonchev–Trinajstić information content (AvgIpc) is 2.30.